The van der Waals surface area contributed by atoms with Crippen molar-refractivity contribution in [2.75, 3.05) is 92.5 Å². The van der Waals surface area contributed by atoms with Crippen molar-refractivity contribution in [2.45, 2.75) is 63.3 Å². The van der Waals surface area contributed by atoms with Crippen molar-refractivity contribution < 1.29 is 47.4 Å². The first-order chi connectivity index (χ1) is 17.0. The second kappa shape index (κ2) is 13.4. The van der Waals surface area contributed by atoms with Gasteiger partial charge in [-0.1, -0.05) is 20.8 Å². The Balaban J connectivity index is 0.000000172. The van der Waals surface area contributed by atoms with Gasteiger partial charge in [0.2, 0.25) is 0 Å². The molecular formula is C25H44O10. The van der Waals surface area contributed by atoms with Crippen LogP contribution in [0, 0.1) is 5.41 Å². The topological polar surface area (TPSA) is 109 Å². The quantitative estimate of drug-likeness (QED) is 0.225. The Bertz CT molecular complexity index is 559. The molecule has 5 unspecified atom stereocenters. The van der Waals surface area contributed by atoms with E-state index in [4.69, 9.17) is 47.4 Å². The van der Waals surface area contributed by atoms with Gasteiger partial charge < -0.3 is 47.4 Å². The van der Waals surface area contributed by atoms with Crippen LogP contribution in [0.3, 0.4) is 0 Å². The lowest BCUT2D eigenvalue weighted by molar-refractivity contribution is -0.142. The lowest BCUT2D eigenvalue weighted by atomic mass is 9.96. The van der Waals surface area contributed by atoms with E-state index in [0.717, 1.165) is 65.9 Å². The fourth-order valence-electron chi connectivity index (χ4n) is 3.25. The average Bonchev–Trinajstić information content (AvgIpc) is 3.62. The van der Waals surface area contributed by atoms with Gasteiger partial charge in [-0.3, -0.25) is 0 Å². The highest BCUT2D eigenvalue weighted by Crippen LogP contribution is 2.23. The van der Waals surface area contributed by atoms with Crippen molar-refractivity contribution in [3.05, 3.63) is 0 Å². The smallest absolute Gasteiger partial charge is 0.114 e. The third kappa shape index (κ3) is 12.6. The van der Waals surface area contributed by atoms with Gasteiger partial charge >= 0.3 is 0 Å². The Labute approximate surface area is 209 Å². The summed E-state index contributed by atoms with van der Waals surface area (Å²) in [5.74, 6) is 0. The summed E-state index contributed by atoms with van der Waals surface area (Å²) >= 11 is 0. The van der Waals surface area contributed by atoms with E-state index >= 15 is 0 Å². The van der Waals surface area contributed by atoms with Crippen molar-refractivity contribution in [3.8, 4) is 0 Å². The first-order valence-electron chi connectivity index (χ1n) is 13.0. The van der Waals surface area contributed by atoms with Crippen LogP contribution in [0.4, 0.5) is 0 Å². The summed E-state index contributed by atoms with van der Waals surface area (Å²) in [5.41, 5.74) is -0.320. The van der Waals surface area contributed by atoms with Crippen molar-refractivity contribution >= 4 is 0 Å². The first-order valence-corrected chi connectivity index (χ1v) is 13.0. The molecule has 0 N–H and O–H groups in total. The molecule has 0 aromatic heterocycles. The zero-order valence-corrected chi connectivity index (χ0v) is 21.6. The molecular weight excluding hydrogens is 460 g/mol. The third-order valence-electron chi connectivity index (χ3n) is 6.16. The van der Waals surface area contributed by atoms with Gasteiger partial charge in [0, 0.05) is 5.41 Å². The molecule has 5 aliphatic heterocycles. The Morgan fingerprint density at radius 3 is 1.17 bits per heavy atom. The molecule has 0 saturated carbocycles. The number of hydrogen-bond donors (Lipinski definition) is 0. The highest BCUT2D eigenvalue weighted by molar-refractivity contribution is 4.83. The molecule has 0 spiro atoms. The van der Waals surface area contributed by atoms with Crippen molar-refractivity contribution in [1.82, 2.24) is 0 Å². The standard InChI is InChI=1S/C14H24O6.C11H20O4/c1-2-14(20-8-13-7-19-13,9-15-3-11-5-17-11)10-16-4-12-6-18-12;1-11(2,7-12-3-9-5-14-9)8-13-4-10-6-15-10/h11-13H,2-10H2,1H3;9-10H,3-8H2,1-2H3. The molecule has 10 heteroatoms. The first kappa shape index (κ1) is 27.6. The molecule has 5 aliphatic rings. The van der Waals surface area contributed by atoms with Crippen LogP contribution in [0.15, 0.2) is 0 Å². The van der Waals surface area contributed by atoms with E-state index in [2.05, 4.69) is 20.8 Å². The molecule has 0 bridgehead atoms. The summed E-state index contributed by atoms with van der Waals surface area (Å²) in [6, 6.07) is 0. The van der Waals surface area contributed by atoms with Crippen LogP contribution >= 0.6 is 0 Å². The lowest BCUT2D eigenvalue weighted by Crippen LogP contribution is -2.44. The van der Waals surface area contributed by atoms with E-state index in [-0.39, 0.29) is 23.7 Å². The maximum absolute atomic E-state index is 6.05. The van der Waals surface area contributed by atoms with Crippen LogP contribution in [0.1, 0.15) is 27.2 Å². The highest BCUT2D eigenvalue weighted by Gasteiger charge is 2.36. The molecule has 10 nitrogen and oxygen atoms in total. The van der Waals surface area contributed by atoms with Crippen LogP contribution in [-0.4, -0.2) is 129 Å². The Morgan fingerprint density at radius 2 is 0.857 bits per heavy atom. The summed E-state index contributed by atoms with van der Waals surface area (Å²) in [6.45, 7) is 16.3. The van der Waals surface area contributed by atoms with E-state index in [1.807, 2.05) is 0 Å². The molecule has 0 aliphatic carbocycles. The van der Waals surface area contributed by atoms with Gasteiger partial charge in [-0.25, -0.2) is 0 Å². The van der Waals surface area contributed by atoms with Gasteiger partial charge in [0.25, 0.3) is 0 Å². The van der Waals surface area contributed by atoms with Crippen molar-refractivity contribution in [2.24, 2.45) is 5.41 Å². The zero-order chi connectivity index (χ0) is 24.6. The van der Waals surface area contributed by atoms with E-state index in [0.29, 0.717) is 45.2 Å². The minimum Gasteiger partial charge on any atom is -0.378 e. The third-order valence-corrected chi connectivity index (χ3v) is 6.16. The van der Waals surface area contributed by atoms with Crippen LogP contribution in [-0.2, 0) is 47.4 Å². The second-order valence-corrected chi connectivity index (χ2v) is 10.8. The normalized spacial score (nSPS) is 31.8. The van der Waals surface area contributed by atoms with E-state index < -0.39 is 5.60 Å². The molecule has 5 atom stereocenters. The number of rotatable bonds is 20. The fourth-order valence-corrected chi connectivity index (χ4v) is 3.25. The van der Waals surface area contributed by atoms with Crippen LogP contribution in [0.2, 0.25) is 0 Å². The lowest BCUT2D eigenvalue weighted by Gasteiger charge is -2.32. The molecule has 5 fully saturated rings. The Kier molecular flexibility index (Phi) is 10.6. The summed E-state index contributed by atoms with van der Waals surface area (Å²) in [5, 5.41) is 0. The summed E-state index contributed by atoms with van der Waals surface area (Å²) in [7, 11) is 0. The van der Waals surface area contributed by atoms with Crippen molar-refractivity contribution in [3.63, 3.8) is 0 Å². The number of hydrogen-bond acceptors (Lipinski definition) is 10. The predicted molar refractivity (Wildman–Crippen MR) is 125 cm³/mol. The molecule has 5 rings (SSSR count). The van der Waals surface area contributed by atoms with Crippen LogP contribution < -0.4 is 0 Å². The predicted octanol–water partition coefficient (Wildman–Crippen LogP) is 1.22. The van der Waals surface area contributed by atoms with Gasteiger partial charge in [0.05, 0.1) is 92.5 Å². The maximum atomic E-state index is 6.05. The molecule has 35 heavy (non-hydrogen) atoms. The molecule has 5 saturated heterocycles. The average molecular weight is 505 g/mol. The molecule has 0 aromatic carbocycles. The summed E-state index contributed by atoms with van der Waals surface area (Å²) in [4.78, 5) is 0. The molecule has 204 valence electrons. The summed E-state index contributed by atoms with van der Waals surface area (Å²) in [6.07, 6.45) is 2.34. The molecule has 0 radical (unpaired) electrons. The summed E-state index contributed by atoms with van der Waals surface area (Å²) < 4.78 is 54.3. The Morgan fingerprint density at radius 1 is 0.543 bits per heavy atom. The van der Waals surface area contributed by atoms with Gasteiger partial charge in [0.15, 0.2) is 0 Å². The van der Waals surface area contributed by atoms with Crippen molar-refractivity contribution in [1.29, 1.82) is 0 Å². The second-order valence-electron chi connectivity index (χ2n) is 10.8. The number of ether oxygens (including phenoxy) is 10. The minimum absolute atomic E-state index is 0.0732. The van der Waals surface area contributed by atoms with E-state index in [1.54, 1.807) is 0 Å². The van der Waals surface area contributed by atoms with E-state index in [9.17, 15) is 0 Å². The SMILES string of the molecule is CC(C)(COCC1CO1)COCC1CO1.CCC(COCC1CO1)(COCC1CO1)OCC1CO1. The molecule has 0 amide bonds. The largest absolute Gasteiger partial charge is 0.378 e. The minimum atomic E-state index is -0.393. The Hall–Kier alpha value is -0.400. The number of epoxide rings is 5. The van der Waals surface area contributed by atoms with Gasteiger partial charge in [-0.15, -0.1) is 0 Å². The fraction of sp³-hybridized carbons (Fsp3) is 1.00. The van der Waals surface area contributed by atoms with Crippen LogP contribution in [0.5, 0.6) is 0 Å². The van der Waals surface area contributed by atoms with Gasteiger partial charge in [-0.05, 0) is 6.42 Å². The maximum Gasteiger partial charge on any atom is 0.114 e. The monoisotopic (exact) mass is 504 g/mol. The van der Waals surface area contributed by atoms with E-state index in [1.165, 1.54) is 0 Å². The molecule has 0 aromatic rings. The molecule has 5 heterocycles. The highest BCUT2D eigenvalue weighted by atomic mass is 16.6. The van der Waals surface area contributed by atoms with Crippen LogP contribution in [0.25, 0.3) is 0 Å². The van der Waals surface area contributed by atoms with Gasteiger partial charge in [-0.2, -0.15) is 0 Å². The zero-order valence-electron chi connectivity index (χ0n) is 21.6. The van der Waals surface area contributed by atoms with Gasteiger partial charge in [0.1, 0.15) is 36.1 Å².